The van der Waals surface area contributed by atoms with Crippen molar-refractivity contribution in [2.75, 3.05) is 26.2 Å². The molecule has 1 aliphatic heterocycles. The van der Waals surface area contributed by atoms with Gasteiger partial charge in [0.25, 0.3) is 5.69 Å². The first-order valence-corrected chi connectivity index (χ1v) is 12.5. The maximum Gasteiger partial charge on any atom is 0.269 e. The third-order valence-corrected chi connectivity index (χ3v) is 6.69. The topological polar surface area (TPSA) is 84.5 Å². The van der Waals surface area contributed by atoms with E-state index in [1.807, 2.05) is 47.5 Å². The fourth-order valence-corrected chi connectivity index (χ4v) is 4.73. The number of hydrogen-bond donors (Lipinski definition) is 0. The molecule has 1 fully saturated rings. The Kier molecular flexibility index (Phi) is 7.37. The molecule has 1 aliphatic rings. The van der Waals surface area contributed by atoms with Crippen LogP contribution in [0.2, 0.25) is 0 Å². The van der Waals surface area contributed by atoms with E-state index in [-0.39, 0.29) is 18.0 Å². The van der Waals surface area contributed by atoms with E-state index in [4.69, 9.17) is 5.10 Å². The third-order valence-electron chi connectivity index (χ3n) is 6.69. The largest absolute Gasteiger partial charge is 0.341 e. The number of nitro benzene ring substituents is 1. The highest BCUT2D eigenvalue weighted by atomic mass is 16.6. The van der Waals surface area contributed by atoms with Crippen molar-refractivity contribution in [3.63, 3.8) is 0 Å². The van der Waals surface area contributed by atoms with Crippen molar-refractivity contribution < 1.29 is 9.72 Å². The van der Waals surface area contributed by atoms with E-state index < -0.39 is 4.92 Å². The van der Waals surface area contributed by atoms with Gasteiger partial charge in [0.1, 0.15) is 0 Å². The number of carbonyl (C=O) groups excluding carboxylic acids is 1. The van der Waals surface area contributed by atoms with Crippen LogP contribution in [-0.4, -0.2) is 56.6 Å². The van der Waals surface area contributed by atoms with Crippen molar-refractivity contribution in [1.82, 2.24) is 19.6 Å². The predicted octanol–water partition coefficient (Wildman–Crippen LogP) is 4.72. The zero-order valence-corrected chi connectivity index (χ0v) is 20.6. The second kappa shape index (κ2) is 11.2. The van der Waals surface area contributed by atoms with Crippen molar-refractivity contribution >= 4 is 11.6 Å². The Hall–Kier alpha value is -4.30. The van der Waals surface area contributed by atoms with Crippen LogP contribution in [0.1, 0.15) is 17.5 Å². The van der Waals surface area contributed by atoms with Gasteiger partial charge in [-0.25, -0.2) is 4.68 Å². The van der Waals surface area contributed by atoms with Crippen LogP contribution in [-0.2, 0) is 17.8 Å². The van der Waals surface area contributed by atoms with Crippen LogP contribution in [0, 0.1) is 10.1 Å². The Bertz CT molecular complexity index is 1350. The molecule has 8 nitrogen and oxygen atoms in total. The first kappa shape index (κ1) is 24.4. The summed E-state index contributed by atoms with van der Waals surface area (Å²) in [7, 11) is 0. The Balaban J connectivity index is 1.34. The average Bonchev–Trinajstić information content (AvgIpc) is 3.20. The molecule has 1 aromatic heterocycles. The first-order valence-electron chi connectivity index (χ1n) is 12.5. The number of amides is 1. The molecule has 0 atom stereocenters. The van der Waals surface area contributed by atoms with Gasteiger partial charge in [0.05, 0.1) is 22.7 Å². The lowest BCUT2D eigenvalue weighted by Gasteiger charge is -2.22. The lowest BCUT2D eigenvalue weighted by Crippen LogP contribution is -2.36. The van der Waals surface area contributed by atoms with E-state index >= 15 is 0 Å². The minimum absolute atomic E-state index is 0.0218. The summed E-state index contributed by atoms with van der Waals surface area (Å²) in [5.41, 5.74) is 4.39. The predicted molar refractivity (Wildman–Crippen MR) is 142 cm³/mol. The smallest absolute Gasteiger partial charge is 0.269 e. The summed E-state index contributed by atoms with van der Waals surface area (Å²) in [4.78, 5) is 28.5. The molecule has 0 saturated carbocycles. The quantitative estimate of drug-likeness (QED) is 0.274. The molecule has 37 heavy (non-hydrogen) atoms. The van der Waals surface area contributed by atoms with Crippen molar-refractivity contribution in [3.05, 3.63) is 112 Å². The number of carbonyl (C=O) groups is 1. The molecule has 1 saturated heterocycles. The average molecular weight is 496 g/mol. The first-order chi connectivity index (χ1) is 18.1. The molecule has 5 rings (SSSR count). The van der Waals surface area contributed by atoms with Gasteiger partial charge in [0, 0.05) is 62.2 Å². The van der Waals surface area contributed by atoms with Crippen molar-refractivity contribution in [2.45, 2.75) is 19.4 Å². The van der Waals surface area contributed by atoms with Gasteiger partial charge >= 0.3 is 0 Å². The molecule has 0 N–H and O–H groups in total. The molecule has 0 aliphatic carbocycles. The van der Waals surface area contributed by atoms with Gasteiger partial charge in [0.15, 0.2) is 0 Å². The number of nitrogens with zero attached hydrogens (tertiary/aromatic N) is 5. The summed E-state index contributed by atoms with van der Waals surface area (Å²) < 4.78 is 1.77. The number of hydrogen-bond acceptors (Lipinski definition) is 5. The molecule has 0 spiro atoms. The van der Waals surface area contributed by atoms with E-state index in [1.165, 1.54) is 17.7 Å². The molecule has 4 aromatic rings. The Labute approximate surface area is 215 Å². The zero-order valence-electron chi connectivity index (χ0n) is 20.6. The van der Waals surface area contributed by atoms with Crippen molar-refractivity contribution in [3.8, 4) is 16.9 Å². The van der Waals surface area contributed by atoms with Gasteiger partial charge in [-0.2, -0.15) is 5.10 Å². The molecule has 2 heterocycles. The van der Waals surface area contributed by atoms with Crippen LogP contribution in [0.15, 0.2) is 91.1 Å². The second-order valence-electron chi connectivity index (χ2n) is 9.26. The fraction of sp³-hybridized carbons (Fsp3) is 0.241. The van der Waals surface area contributed by atoms with Gasteiger partial charge in [-0.1, -0.05) is 48.5 Å². The standard InChI is InChI=1S/C29H29N5O3/c35-28(32-17-7-16-31(18-19-32)21-23-8-3-1-4-9-23)20-25-22-33(26-10-5-2-6-11-26)30-29(25)24-12-14-27(15-13-24)34(36)37/h1-6,8-15,22H,7,16-21H2. The molecule has 0 radical (unpaired) electrons. The van der Waals surface area contributed by atoms with Crippen molar-refractivity contribution in [1.29, 1.82) is 0 Å². The summed E-state index contributed by atoms with van der Waals surface area (Å²) in [6, 6.07) is 26.5. The van der Waals surface area contributed by atoms with Gasteiger partial charge in [-0.3, -0.25) is 19.8 Å². The van der Waals surface area contributed by atoms with Crippen LogP contribution < -0.4 is 0 Å². The minimum atomic E-state index is -0.419. The summed E-state index contributed by atoms with van der Waals surface area (Å²) >= 11 is 0. The number of rotatable bonds is 7. The van der Waals surface area contributed by atoms with Gasteiger partial charge in [0.2, 0.25) is 5.91 Å². The van der Waals surface area contributed by atoms with E-state index in [0.29, 0.717) is 12.2 Å². The van der Waals surface area contributed by atoms with E-state index in [0.717, 1.165) is 49.4 Å². The van der Waals surface area contributed by atoms with Crippen LogP contribution in [0.3, 0.4) is 0 Å². The van der Waals surface area contributed by atoms with Crippen LogP contribution in [0.25, 0.3) is 16.9 Å². The van der Waals surface area contributed by atoms with Gasteiger partial charge < -0.3 is 4.90 Å². The van der Waals surface area contributed by atoms with Crippen LogP contribution >= 0.6 is 0 Å². The van der Waals surface area contributed by atoms with Crippen LogP contribution in [0.5, 0.6) is 0 Å². The number of nitro groups is 1. The minimum Gasteiger partial charge on any atom is -0.341 e. The zero-order chi connectivity index (χ0) is 25.6. The lowest BCUT2D eigenvalue weighted by atomic mass is 10.0. The Morgan fingerprint density at radius 3 is 2.27 bits per heavy atom. The maximum atomic E-state index is 13.4. The third kappa shape index (κ3) is 5.92. The van der Waals surface area contributed by atoms with E-state index in [9.17, 15) is 14.9 Å². The summed E-state index contributed by atoms with van der Waals surface area (Å²) in [6.45, 7) is 4.09. The van der Waals surface area contributed by atoms with Gasteiger partial charge in [-0.05, 0) is 36.2 Å². The number of para-hydroxylation sites is 1. The molecule has 1 amide bonds. The number of non-ortho nitro benzene ring substituents is 1. The van der Waals surface area contributed by atoms with Gasteiger partial charge in [-0.15, -0.1) is 0 Å². The molecular formula is C29H29N5O3. The highest BCUT2D eigenvalue weighted by Gasteiger charge is 2.22. The SMILES string of the molecule is O=C(Cc1cn(-c2ccccc2)nc1-c1ccc([N+](=O)[O-])cc1)N1CCCN(Cc2ccccc2)CC1. The highest BCUT2D eigenvalue weighted by Crippen LogP contribution is 2.27. The molecule has 0 bridgehead atoms. The fourth-order valence-electron chi connectivity index (χ4n) is 4.73. The summed E-state index contributed by atoms with van der Waals surface area (Å²) in [5.74, 6) is 0.0670. The molecule has 0 unspecified atom stereocenters. The van der Waals surface area contributed by atoms with E-state index in [2.05, 4.69) is 29.2 Å². The number of benzene rings is 3. The van der Waals surface area contributed by atoms with E-state index in [1.54, 1.807) is 16.8 Å². The molecule has 188 valence electrons. The number of aromatic nitrogens is 2. The Morgan fingerprint density at radius 2 is 1.57 bits per heavy atom. The molecule has 8 heteroatoms. The Morgan fingerprint density at radius 1 is 0.865 bits per heavy atom. The monoisotopic (exact) mass is 495 g/mol. The summed E-state index contributed by atoms with van der Waals surface area (Å²) in [5, 5.41) is 15.9. The van der Waals surface area contributed by atoms with Crippen molar-refractivity contribution in [2.24, 2.45) is 0 Å². The summed E-state index contributed by atoms with van der Waals surface area (Å²) in [6.07, 6.45) is 3.04. The lowest BCUT2D eigenvalue weighted by molar-refractivity contribution is -0.384. The maximum absolute atomic E-state index is 13.4. The molecule has 3 aromatic carbocycles. The van der Waals surface area contributed by atoms with Crippen LogP contribution in [0.4, 0.5) is 5.69 Å². The highest BCUT2D eigenvalue weighted by molar-refractivity contribution is 5.81. The second-order valence-corrected chi connectivity index (χ2v) is 9.26. The molecular weight excluding hydrogens is 466 g/mol. The normalized spacial score (nSPS) is 14.3.